The Morgan fingerprint density at radius 1 is 1.17 bits per heavy atom. The Kier molecular flexibility index (Phi) is 7.02. The quantitative estimate of drug-likeness (QED) is 0.432. The number of hydrogen-bond donors (Lipinski definition) is 1. The molecule has 9 nitrogen and oxygen atoms in total. The molecule has 0 aliphatic carbocycles. The fourth-order valence-corrected chi connectivity index (χ4v) is 3.29. The van der Waals surface area contributed by atoms with Crippen molar-refractivity contribution < 1.29 is 19.1 Å². The molecule has 0 fully saturated rings. The van der Waals surface area contributed by atoms with E-state index >= 15 is 0 Å². The van der Waals surface area contributed by atoms with Crippen LogP contribution in [0.4, 0.5) is 5.69 Å². The molecule has 0 bridgehead atoms. The SMILES string of the molecule is COc1ccccc1NC(=O)COC(=O)CSc1nnnn1-c1cc(C)ccc1C. The summed E-state index contributed by atoms with van der Waals surface area (Å²) in [5.41, 5.74) is 3.42. The molecule has 0 atom stereocenters. The Labute approximate surface area is 177 Å². The zero-order chi connectivity index (χ0) is 21.5. The molecule has 1 N–H and O–H groups in total. The van der Waals surface area contributed by atoms with Gasteiger partial charge in [0.15, 0.2) is 6.61 Å². The summed E-state index contributed by atoms with van der Waals surface area (Å²) in [4.78, 5) is 24.1. The fourth-order valence-electron chi connectivity index (χ4n) is 2.61. The third-order valence-electron chi connectivity index (χ3n) is 4.10. The minimum atomic E-state index is -0.550. The average Bonchev–Trinajstić information content (AvgIpc) is 3.21. The van der Waals surface area contributed by atoms with Crippen LogP contribution < -0.4 is 10.1 Å². The van der Waals surface area contributed by atoms with Gasteiger partial charge in [-0.3, -0.25) is 9.59 Å². The second-order valence-electron chi connectivity index (χ2n) is 6.36. The van der Waals surface area contributed by atoms with Crippen molar-refractivity contribution in [3.63, 3.8) is 0 Å². The predicted molar refractivity (Wildman–Crippen MR) is 112 cm³/mol. The Morgan fingerprint density at radius 2 is 1.97 bits per heavy atom. The third kappa shape index (κ3) is 5.35. The Hall–Kier alpha value is -3.40. The molecule has 0 aliphatic heterocycles. The summed E-state index contributed by atoms with van der Waals surface area (Å²) in [6.07, 6.45) is 0. The average molecular weight is 427 g/mol. The summed E-state index contributed by atoms with van der Waals surface area (Å²) in [6, 6.07) is 12.9. The van der Waals surface area contributed by atoms with Gasteiger partial charge in [-0.25, -0.2) is 0 Å². The van der Waals surface area contributed by atoms with E-state index < -0.39 is 18.5 Å². The van der Waals surface area contributed by atoms with Gasteiger partial charge in [-0.05, 0) is 53.6 Å². The summed E-state index contributed by atoms with van der Waals surface area (Å²) in [5, 5.41) is 14.8. The van der Waals surface area contributed by atoms with Crippen molar-refractivity contribution in [2.24, 2.45) is 0 Å². The molecule has 3 rings (SSSR count). The van der Waals surface area contributed by atoms with Crippen LogP contribution in [0.5, 0.6) is 5.75 Å². The van der Waals surface area contributed by atoms with Crippen molar-refractivity contribution in [3.8, 4) is 11.4 Å². The van der Waals surface area contributed by atoms with Gasteiger partial charge in [0, 0.05) is 0 Å². The highest BCUT2D eigenvalue weighted by molar-refractivity contribution is 7.99. The zero-order valence-electron chi connectivity index (χ0n) is 16.8. The van der Waals surface area contributed by atoms with Crippen LogP contribution in [0, 0.1) is 13.8 Å². The van der Waals surface area contributed by atoms with E-state index in [-0.39, 0.29) is 5.75 Å². The van der Waals surface area contributed by atoms with Gasteiger partial charge in [0.1, 0.15) is 5.75 Å². The molecule has 1 heterocycles. The number of tetrazole rings is 1. The first-order chi connectivity index (χ1) is 14.5. The number of ether oxygens (including phenoxy) is 2. The van der Waals surface area contributed by atoms with Crippen LogP contribution in [-0.2, 0) is 14.3 Å². The van der Waals surface area contributed by atoms with Crippen molar-refractivity contribution in [2.45, 2.75) is 19.0 Å². The van der Waals surface area contributed by atoms with Crippen molar-refractivity contribution >= 4 is 29.3 Å². The zero-order valence-corrected chi connectivity index (χ0v) is 17.6. The molecule has 1 aromatic heterocycles. The number of anilines is 1. The minimum Gasteiger partial charge on any atom is -0.495 e. The van der Waals surface area contributed by atoms with Crippen LogP contribution in [0.1, 0.15) is 11.1 Å². The van der Waals surface area contributed by atoms with Crippen LogP contribution in [0.3, 0.4) is 0 Å². The molecule has 10 heteroatoms. The van der Waals surface area contributed by atoms with Crippen LogP contribution in [0.15, 0.2) is 47.6 Å². The van der Waals surface area contributed by atoms with Crippen molar-refractivity contribution in [2.75, 3.05) is 24.8 Å². The Balaban J connectivity index is 1.53. The molecule has 1 amide bonds. The number of thioether (sulfide) groups is 1. The highest BCUT2D eigenvalue weighted by atomic mass is 32.2. The lowest BCUT2D eigenvalue weighted by Crippen LogP contribution is -2.22. The third-order valence-corrected chi connectivity index (χ3v) is 4.99. The number of nitrogens with zero attached hydrogens (tertiary/aromatic N) is 4. The molecule has 2 aromatic carbocycles. The number of amides is 1. The number of carbonyl (C=O) groups is 2. The van der Waals surface area contributed by atoms with Gasteiger partial charge in [0.05, 0.1) is 24.2 Å². The van der Waals surface area contributed by atoms with E-state index in [1.165, 1.54) is 7.11 Å². The summed E-state index contributed by atoms with van der Waals surface area (Å²) >= 11 is 1.13. The summed E-state index contributed by atoms with van der Waals surface area (Å²) in [5.74, 6) is -0.526. The number of methoxy groups -OCH3 is 1. The van der Waals surface area contributed by atoms with Crippen LogP contribution in [-0.4, -0.2) is 51.6 Å². The molecule has 30 heavy (non-hydrogen) atoms. The second kappa shape index (κ2) is 9.88. The highest BCUT2D eigenvalue weighted by Gasteiger charge is 2.15. The van der Waals surface area contributed by atoms with Crippen molar-refractivity contribution in [3.05, 3.63) is 53.6 Å². The summed E-state index contributed by atoms with van der Waals surface area (Å²) in [6.45, 7) is 3.53. The first-order valence-corrected chi connectivity index (χ1v) is 10.0. The van der Waals surface area contributed by atoms with E-state index in [1.807, 2.05) is 32.0 Å². The minimum absolute atomic E-state index is 0.0345. The number of rotatable bonds is 8. The number of carbonyl (C=O) groups excluding carboxylic acids is 2. The monoisotopic (exact) mass is 427 g/mol. The number of aryl methyl sites for hydroxylation is 2. The van der Waals surface area contributed by atoms with E-state index in [1.54, 1.807) is 28.9 Å². The molecule has 0 spiro atoms. The molecule has 3 aromatic rings. The fraction of sp³-hybridized carbons (Fsp3) is 0.250. The topological polar surface area (TPSA) is 108 Å². The van der Waals surface area contributed by atoms with E-state index in [0.29, 0.717) is 16.6 Å². The first kappa shape index (κ1) is 21.3. The van der Waals surface area contributed by atoms with E-state index in [0.717, 1.165) is 28.6 Å². The van der Waals surface area contributed by atoms with Gasteiger partial charge in [0.25, 0.3) is 5.91 Å². The van der Waals surface area contributed by atoms with Crippen molar-refractivity contribution in [1.29, 1.82) is 0 Å². The predicted octanol–water partition coefficient (Wildman–Crippen LogP) is 2.56. The highest BCUT2D eigenvalue weighted by Crippen LogP contribution is 2.23. The lowest BCUT2D eigenvalue weighted by atomic mass is 10.1. The van der Waals surface area contributed by atoms with Gasteiger partial charge in [-0.2, -0.15) is 4.68 Å². The molecule has 0 radical (unpaired) electrons. The summed E-state index contributed by atoms with van der Waals surface area (Å²) in [7, 11) is 1.51. The maximum Gasteiger partial charge on any atom is 0.316 e. The van der Waals surface area contributed by atoms with Crippen LogP contribution >= 0.6 is 11.8 Å². The largest absolute Gasteiger partial charge is 0.495 e. The molecule has 0 aliphatic rings. The van der Waals surface area contributed by atoms with Crippen molar-refractivity contribution in [1.82, 2.24) is 20.2 Å². The number of hydrogen-bond acceptors (Lipinski definition) is 8. The first-order valence-electron chi connectivity index (χ1n) is 9.05. The Morgan fingerprint density at radius 3 is 2.77 bits per heavy atom. The Bertz CT molecular complexity index is 1050. The maximum absolute atomic E-state index is 12.1. The van der Waals surface area contributed by atoms with E-state index in [9.17, 15) is 9.59 Å². The number of nitrogens with one attached hydrogen (secondary N) is 1. The van der Waals surface area contributed by atoms with E-state index in [4.69, 9.17) is 9.47 Å². The van der Waals surface area contributed by atoms with Gasteiger partial charge in [-0.15, -0.1) is 5.10 Å². The van der Waals surface area contributed by atoms with E-state index in [2.05, 4.69) is 20.8 Å². The number of benzene rings is 2. The second-order valence-corrected chi connectivity index (χ2v) is 7.30. The van der Waals surface area contributed by atoms with Crippen LogP contribution in [0.25, 0.3) is 5.69 Å². The molecule has 0 unspecified atom stereocenters. The smallest absolute Gasteiger partial charge is 0.316 e. The maximum atomic E-state index is 12.1. The molecule has 0 saturated heterocycles. The van der Waals surface area contributed by atoms with Crippen LogP contribution in [0.2, 0.25) is 0 Å². The number of aromatic nitrogens is 4. The lowest BCUT2D eigenvalue weighted by molar-refractivity contribution is -0.144. The number of esters is 1. The van der Waals surface area contributed by atoms with Gasteiger partial charge in [-0.1, -0.05) is 36.0 Å². The standard InChI is InChI=1S/C20H21N5O4S/c1-13-8-9-14(2)16(10-13)25-20(22-23-24-25)30-12-19(27)29-11-18(26)21-15-6-4-5-7-17(15)28-3/h4-10H,11-12H2,1-3H3,(H,21,26). The molecular weight excluding hydrogens is 406 g/mol. The van der Waals surface area contributed by atoms with Gasteiger partial charge >= 0.3 is 5.97 Å². The number of para-hydroxylation sites is 2. The van der Waals surface area contributed by atoms with Gasteiger partial charge < -0.3 is 14.8 Å². The summed E-state index contributed by atoms with van der Waals surface area (Å²) < 4.78 is 11.8. The molecule has 0 saturated carbocycles. The normalized spacial score (nSPS) is 10.5. The van der Waals surface area contributed by atoms with Gasteiger partial charge in [0.2, 0.25) is 5.16 Å². The lowest BCUT2D eigenvalue weighted by Gasteiger charge is -2.10. The molecule has 156 valence electrons. The molecular formula is C20H21N5O4S.